The molecule has 0 aliphatic carbocycles. The molecular formula is C12H11BrN4O3. The number of halogens is 1. The SMILES string of the molecule is COC(=O)Cn1cc(NC(=O)c2cccnc2Br)cn1. The van der Waals surface area contributed by atoms with Crippen LogP contribution in [0.2, 0.25) is 0 Å². The highest BCUT2D eigenvalue weighted by molar-refractivity contribution is 9.10. The number of amides is 1. The molecule has 104 valence electrons. The smallest absolute Gasteiger partial charge is 0.327 e. The summed E-state index contributed by atoms with van der Waals surface area (Å²) >= 11 is 3.20. The summed E-state index contributed by atoms with van der Waals surface area (Å²) in [5.41, 5.74) is 0.892. The van der Waals surface area contributed by atoms with Gasteiger partial charge in [0.2, 0.25) is 0 Å². The summed E-state index contributed by atoms with van der Waals surface area (Å²) in [5, 5.41) is 6.61. The monoisotopic (exact) mass is 338 g/mol. The molecule has 2 aromatic heterocycles. The maximum absolute atomic E-state index is 12.0. The number of hydrogen-bond acceptors (Lipinski definition) is 5. The first kappa shape index (κ1) is 14.2. The molecule has 2 rings (SSSR count). The lowest BCUT2D eigenvalue weighted by Crippen LogP contribution is -2.13. The summed E-state index contributed by atoms with van der Waals surface area (Å²) < 4.78 is 6.36. The highest BCUT2D eigenvalue weighted by Gasteiger charge is 2.12. The molecule has 0 radical (unpaired) electrons. The Morgan fingerprint density at radius 1 is 1.50 bits per heavy atom. The van der Waals surface area contributed by atoms with Crippen LogP contribution in [0, 0.1) is 0 Å². The second kappa shape index (κ2) is 6.29. The molecule has 0 aliphatic rings. The van der Waals surface area contributed by atoms with E-state index in [0.717, 1.165) is 0 Å². The molecule has 0 saturated heterocycles. The standard InChI is InChI=1S/C12H11BrN4O3/c1-20-10(18)7-17-6-8(5-15-17)16-12(19)9-3-2-4-14-11(9)13/h2-6H,7H2,1H3,(H,16,19). The minimum atomic E-state index is -0.416. The van der Waals surface area contributed by atoms with Gasteiger partial charge in [0.15, 0.2) is 0 Å². The number of nitrogens with one attached hydrogen (secondary N) is 1. The van der Waals surface area contributed by atoms with E-state index in [1.807, 2.05) is 0 Å². The van der Waals surface area contributed by atoms with Gasteiger partial charge in [-0.25, -0.2) is 4.98 Å². The normalized spacial score (nSPS) is 10.1. The number of pyridine rings is 1. The third kappa shape index (κ3) is 3.41. The van der Waals surface area contributed by atoms with Gasteiger partial charge in [0.1, 0.15) is 11.1 Å². The Bertz CT molecular complexity index is 641. The first-order valence-corrected chi connectivity index (χ1v) is 6.40. The molecule has 0 fully saturated rings. The number of carbonyl (C=O) groups is 2. The lowest BCUT2D eigenvalue weighted by molar-refractivity contribution is -0.141. The van der Waals surface area contributed by atoms with Crippen LogP contribution in [0.1, 0.15) is 10.4 Å². The van der Waals surface area contributed by atoms with E-state index in [1.165, 1.54) is 18.0 Å². The van der Waals surface area contributed by atoms with Crippen molar-refractivity contribution >= 4 is 33.5 Å². The van der Waals surface area contributed by atoms with Gasteiger partial charge in [-0.05, 0) is 28.1 Å². The van der Waals surface area contributed by atoms with Gasteiger partial charge in [0.25, 0.3) is 5.91 Å². The van der Waals surface area contributed by atoms with Crippen molar-refractivity contribution < 1.29 is 14.3 Å². The molecular weight excluding hydrogens is 328 g/mol. The zero-order chi connectivity index (χ0) is 14.5. The molecule has 0 aliphatic heterocycles. The molecule has 0 saturated carbocycles. The third-order valence-electron chi connectivity index (χ3n) is 2.41. The van der Waals surface area contributed by atoms with Crippen molar-refractivity contribution in [1.82, 2.24) is 14.8 Å². The number of carbonyl (C=O) groups excluding carboxylic acids is 2. The first-order valence-electron chi connectivity index (χ1n) is 5.61. The van der Waals surface area contributed by atoms with Gasteiger partial charge >= 0.3 is 5.97 Å². The van der Waals surface area contributed by atoms with Crippen molar-refractivity contribution in [1.29, 1.82) is 0 Å². The summed E-state index contributed by atoms with van der Waals surface area (Å²) in [5.74, 6) is -0.733. The maximum atomic E-state index is 12.0. The lowest BCUT2D eigenvalue weighted by atomic mass is 10.2. The number of esters is 1. The van der Waals surface area contributed by atoms with Gasteiger partial charge in [-0.2, -0.15) is 5.10 Å². The Kier molecular flexibility index (Phi) is 4.46. The molecule has 2 heterocycles. The van der Waals surface area contributed by atoms with Crippen molar-refractivity contribution in [3.05, 3.63) is 40.9 Å². The fourth-order valence-corrected chi connectivity index (χ4v) is 1.90. The Labute approximate surface area is 123 Å². The van der Waals surface area contributed by atoms with Gasteiger partial charge in [0.05, 0.1) is 24.6 Å². The van der Waals surface area contributed by atoms with Gasteiger partial charge in [-0.3, -0.25) is 14.3 Å². The van der Waals surface area contributed by atoms with E-state index in [1.54, 1.807) is 24.5 Å². The van der Waals surface area contributed by atoms with Gasteiger partial charge in [-0.15, -0.1) is 0 Å². The van der Waals surface area contributed by atoms with Crippen LogP contribution in [0.25, 0.3) is 0 Å². The largest absolute Gasteiger partial charge is 0.468 e. The fourth-order valence-electron chi connectivity index (χ4n) is 1.47. The van der Waals surface area contributed by atoms with E-state index >= 15 is 0 Å². The van der Waals surface area contributed by atoms with E-state index in [-0.39, 0.29) is 12.5 Å². The van der Waals surface area contributed by atoms with Crippen LogP contribution in [-0.2, 0) is 16.1 Å². The highest BCUT2D eigenvalue weighted by Crippen LogP contribution is 2.15. The minimum absolute atomic E-state index is 0.0110. The van der Waals surface area contributed by atoms with Crippen LogP contribution in [0.5, 0.6) is 0 Å². The average molecular weight is 339 g/mol. The third-order valence-corrected chi connectivity index (χ3v) is 3.05. The molecule has 1 amide bonds. The second-order valence-electron chi connectivity index (χ2n) is 3.80. The molecule has 0 bridgehead atoms. The summed E-state index contributed by atoms with van der Waals surface area (Å²) in [6.45, 7) is -0.0110. The molecule has 7 nitrogen and oxygen atoms in total. The number of aromatic nitrogens is 3. The van der Waals surface area contributed by atoms with E-state index in [9.17, 15) is 9.59 Å². The van der Waals surface area contributed by atoms with Gasteiger partial charge in [0, 0.05) is 12.4 Å². The number of hydrogen-bond donors (Lipinski definition) is 1. The Hall–Kier alpha value is -2.22. The molecule has 2 aromatic rings. The average Bonchev–Trinajstić information content (AvgIpc) is 2.86. The van der Waals surface area contributed by atoms with Crippen molar-refractivity contribution in [2.45, 2.75) is 6.54 Å². The number of rotatable bonds is 4. The van der Waals surface area contributed by atoms with E-state index in [0.29, 0.717) is 15.9 Å². The molecule has 0 atom stereocenters. The zero-order valence-electron chi connectivity index (χ0n) is 10.5. The van der Waals surface area contributed by atoms with Gasteiger partial charge in [-0.1, -0.05) is 0 Å². The summed E-state index contributed by atoms with van der Waals surface area (Å²) in [7, 11) is 1.30. The maximum Gasteiger partial charge on any atom is 0.327 e. The highest BCUT2D eigenvalue weighted by atomic mass is 79.9. The van der Waals surface area contributed by atoms with Crippen molar-refractivity contribution in [3.63, 3.8) is 0 Å². The summed E-state index contributed by atoms with van der Waals surface area (Å²) in [6, 6.07) is 3.31. The van der Waals surface area contributed by atoms with Crippen molar-refractivity contribution in [3.8, 4) is 0 Å². The molecule has 8 heteroatoms. The Morgan fingerprint density at radius 3 is 3.00 bits per heavy atom. The quantitative estimate of drug-likeness (QED) is 0.673. The predicted molar refractivity (Wildman–Crippen MR) is 74.1 cm³/mol. The molecule has 0 aromatic carbocycles. The van der Waals surface area contributed by atoms with Crippen molar-refractivity contribution in [2.75, 3.05) is 12.4 Å². The lowest BCUT2D eigenvalue weighted by Gasteiger charge is -2.03. The second-order valence-corrected chi connectivity index (χ2v) is 4.55. The van der Waals surface area contributed by atoms with Crippen molar-refractivity contribution in [2.24, 2.45) is 0 Å². The van der Waals surface area contributed by atoms with Gasteiger partial charge < -0.3 is 10.1 Å². The topological polar surface area (TPSA) is 86.1 Å². The molecule has 0 spiro atoms. The van der Waals surface area contributed by atoms with E-state index < -0.39 is 5.97 Å². The fraction of sp³-hybridized carbons (Fsp3) is 0.167. The van der Waals surface area contributed by atoms with E-state index in [2.05, 4.69) is 36.1 Å². The molecule has 1 N–H and O–H groups in total. The number of nitrogens with zero attached hydrogens (tertiary/aromatic N) is 3. The number of anilines is 1. The molecule has 20 heavy (non-hydrogen) atoms. The number of ether oxygens (including phenoxy) is 1. The van der Waals surface area contributed by atoms with Crippen LogP contribution < -0.4 is 5.32 Å². The Morgan fingerprint density at radius 2 is 2.30 bits per heavy atom. The number of methoxy groups -OCH3 is 1. The first-order chi connectivity index (χ1) is 9.60. The summed E-state index contributed by atoms with van der Waals surface area (Å²) in [4.78, 5) is 27.1. The minimum Gasteiger partial charge on any atom is -0.468 e. The van der Waals surface area contributed by atoms with Crippen LogP contribution in [-0.4, -0.2) is 33.8 Å². The van der Waals surface area contributed by atoms with E-state index in [4.69, 9.17) is 0 Å². The van der Waals surface area contributed by atoms with Crippen LogP contribution in [0.3, 0.4) is 0 Å². The molecule has 0 unspecified atom stereocenters. The Balaban J connectivity index is 2.05. The van der Waals surface area contributed by atoms with Crippen LogP contribution in [0.15, 0.2) is 35.3 Å². The van der Waals surface area contributed by atoms with Crippen LogP contribution in [0.4, 0.5) is 5.69 Å². The van der Waals surface area contributed by atoms with Crippen LogP contribution >= 0.6 is 15.9 Å². The predicted octanol–water partition coefficient (Wildman–Crippen LogP) is 1.47. The summed E-state index contributed by atoms with van der Waals surface area (Å²) in [6.07, 6.45) is 4.57. The zero-order valence-corrected chi connectivity index (χ0v) is 12.1.